The van der Waals surface area contributed by atoms with Crippen molar-refractivity contribution in [2.45, 2.75) is 25.8 Å². The summed E-state index contributed by atoms with van der Waals surface area (Å²) in [6.45, 7) is 2.78. The molecule has 1 aromatic rings. The average molecular weight is 210 g/mol. The number of hydrogen-bond acceptors (Lipinski definition) is 5. The lowest BCUT2D eigenvalue weighted by atomic mass is 10.2. The molecule has 1 rings (SSSR count). The van der Waals surface area contributed by atoms with Crippen molar-refractivity contribution in [1.82, 2.24) is 9.97 Å². The third kappa shape index (κ3) is 3.71. The number of anilines is 2. The summed E-state index contributed by atoms with van der Waals surface area (Å²) in [5.41, 5.74) is 6.30. The highest BCUT2D eigenvalue weighted by molar-refractivity contribution is 5.59. The Kier molecular flexibility index (Phi) is 4.83. The van der Waals surface area contributed by atoms with E-state index in [9.17, 15) is 0 Å². The van der Waals surface area contributed by atoms with Gasteiger partial charge in [0.1, 0.15) is 6.33 Å². The number of nitrogens with two attached hydrogens (primary N) is 1. The molecule has 1 aromatic heterocycles. The second-order valence-corrected chi connectivity index (χ2v) is 3.41. The molecule has 5 nitrogen and oxygen atoms in total. The maximum atomic E-state index is 5.73. The van der Waals surface area contributed by atoms with Gasteiger partial charge in [-0.3, -0.25) is 0 Å². The van der Waals surface area contributed by atoms with E-state index in [0.717, 1.165) is 12.8 Å². The number of aromatic nitrogens is 2. The quantitative estimate of drug-likeness (QED) is 0.740. The second-order valence-electron chi connectivity index (χ2n) is 3.41. The van der Waals surface area contributed by atoms with Crippen LogP contribution in [0.25, 0.3) is 0 Å². The van der Waals surface area contributed by atoms with Crippen LogP contribution in [0.3, 0.4) is 0 Å². The Morgan fingerprint density at radius 2 is 2.40 bits per heavy atom. The molecule has 0 spiro atoms. The smallest absolute Gasteiger partial charge is 0.152 e. The van der Waals surface area contributed by atoms with Gasteiger partial charge in [-0.2, -0.15) is 0 Å². The van der Waals surface area contributed by atoms with E-state index in [4.69, 9.17) is 10.5 Å². The maximum Gasteiger partial charge on any atom is 0.152 e. The highest BCUT2D eigenvalue weighted by Gasteiger charge is 2.09. The van der Waals surface area contributed by atoms with Crippen molar-refractivity contribution < 1.29 is 4.74 Å². The van der Waals surface area contributed by atoms with Crippen LogP contribution >= 0.6 is 0 Å². The van der Waals surface area contributed by atoms with Crippen LogP contribution in [0.15, 0.2) is 12.5 Å². The molecule has 0 amide bonds. The van der Waals surface area contributed by atoms with Gasteiger partial charge in [0.25, 0.3) is 0 Å². The fourth-order valence-corrected chi connectivity index (χ4v) is 1.40. The molecular weight excluding hydrogens is 192 g/mol. The van der Waals surface area contributed by atoms with E-state index >= 15 is 0 Å². The number of nitrogens with zero attached hydrogens (tertiary/aromatic N) is 2. The van der Waals surface area contributed by atoms with Crippen molar-refractivity contribution in [3.05, 3.63) is 12.5 Å². The summed E-state index contributed by atoms with van der Waals surface area (Å²) in [6, 6.07) is 0.247. The molecule has 0 aliphatic heterocycles. The Hall–Kier alpha value is -1.36. The third-order valence-corrected chi connectivity index (χ3v) is 2.09. The van der Waals surface area contributed by atoms with Crippen LogP contribution in [-0.2, 0) is 4.74 Å². The van der Waals surface area contributed by atoms with Gasteiger partial charge in [0.2, 0.25) is 0 Å². The van der Waals surface area contributed by atoms with Crippen LogP contribution in [-0.4, -0.2) is 29.7 Å². The highest BCUT2D eigenvalue weighted by Crippen LogP contribution is 2.14. The van der Waals surface area contributed by atoms with Gasteiger partial charge >= 0.3 is 0 Å². The average Bonchev–Trinajstić information content (AvgIpc) is 2.22. The Labute approximate surface area is 90.1 Å². The van der Waals surface area contributed by atoms with Crippen molar-refractivity contribution >= 4 is 11.5 Å². The van der Waals surface area contributed by atoms with Gasteiger partial charge in [-0.15, -0.1) is 0 Å². The first-order chi connectivity index (χ1) is 7.27. The summed E-state index contributed by atoms with van der Waals surface area (Å²) in [6.07, 6.45) is 5.18. The maximum absolute atomic E-state index is 5.73. The van der Waals surface area contributed by atoms with Crippen molar-refractivity contribution in [3.63, 3.8) is 0 Å². The normalized spacial score (nSPS) is 12.4. The van der Waals surface area contributed by atoms with E-state index < -0.39 is 0 Å². The Bertz CT molecular complexity index is 287. The molecule has 0 aliphatic carbocycles. The summed E-state index contributed by atoms with van der Waals surface area (Å²) in [5.74, 6) is 0.681. The zero-order chi connectivity index (χ0) is 11.1. The molecule has 1 unspecified atom stereocenters. The fourth-order valence-electron chi connectivity index (χ4n) is 1.40. The minimum atomic E-state index is 0.247. The topological polar surface area (TPSA) is 73.1 Å². The predicted molar refractivity (Wildman–Crippen MR) is 60.6 cm³/mol. The summed E-state index contributed by atoms with van der Waals surface area (Å²) >= 11 is 0. The van der Waals surface area contributed by atoms with Gasteiger partial charge in [-0.25, -0.2) is 9.97 Å². The van der Waals surface area contributed by atoms with Crippen LogP contribution in [0.4, 0.5) is 11.5 Å². The van der Waals surface area contributed by atoms with Crippen molar-refractivity contribution in [1.29, 1.82) is 0 Å². The Morgan fingerprint density at radius 3 is 3.00 bits per heavy atom. The molecule has 0 aromatic carbocycles. The van der Waals surface area contributed by atoms with E-state index in [1.165, 1.54) is 6.33 Å². The standard InChI is InChI=1S/C10H18N4O/c1-3-4-8(6-15-2)14-10-9(11)5-12-7-13-10/h5,7-8H,3-4,6,11H2,1-2H3,(H,12,13,14). The molecule has 1 heterocycles. The molecule has 15 heavy (non-hydrogen) atoms. The first-order valence-electron chi connectivity index (χ1n) is 5.08. The number of nitrogen functional groups attached to an aromatic ring is 1. The van der Waals surface area contributed by atoms with Gasteiger partial charge in [-0.05, 0) is 6.42 Å². The molecule has 0 fully saturated rings. The SMILES string of the molecule is CCCC(COC)Nc1ncncc1N. The van der Waals surface area contributed by atoms with Gasteiger partial charge in [-0.1, -0.05) is 13.3 Å². The first-order valence-corrected chi connectivity index (χ1v) is 5.08. The van der Waals surface area contributed by atoms with Crippen molar-refractivity contribution in [2.24, 2.45) is 0 Å². The minimum absolute atomic E-state index is 0.247. The summed E-state index contributed by atoms with van der Waals surface area (Å²) in [7, 11) is 1.69. The van der Waals surface area contributed by atoms with Crippen LogP contribution < -0.4 is 11.1 Å². The Morgan fingerprint density at radius 1 is 1.60 bits per heavy atom. The Balaban J connectivity index is 2.60. The van der Waals surface area contributed by atoms with E-state index in [-0.39, 0.29) is 6.04 Å². The molecule has 0 radical (unpaired) electrons. The molecule has 0 saturated carbocycles. The summed E-state index contributed by atoms with van der Waals surface area (Å²) in [4.78, 5) is 7.92. The molecule has 84 valence electrons. The first kappa shape index (κ1) is 11.7. The van der Waals surface area contributed by atoms with E-state index in [1.807, 2.05) is 0 Å². The zero-order valence-electron chi connectivity index (χ0n) is 9.23. The molecule has 1 atom stereocenters. The largest absolute Gasteiger partial charge is 0.394 e. The second kappa shape index (κ2) is 6.19. The number of nitrogens with one attached hydrogen (secondary N) is 1. The van der Waals surface area contributed by atoms with Gasteiger partial charge < -0.3 is 15.8 Å². The van der Waals surface area contributed by atoms with Crippen LogP contribution in [0, 0.1) is 0 Å². The lowest BCUT2D eigenvalue weighted by Crippen LogP contribution is -2.25. The molecule has 0 aliphatic rings. The minimum Gasteiger partial charge on any atom is -0.394 e. The monoisotopic (exact) mass is 210 g/mol. The van der Waals surface area contributed by atoms with Crippen LogP contribution in [0.1, 0.15) is 19.8 Å². The molecule has 5 heteroatoms. The number of ether oxygens (including phenoxy) is 1. The van der Waals surface area contributed by atoms with E-state index in [1.54, 1.807) is 13.3 Å². The predicted octanol–water partition coefficient (Wildman–Crippen LogP) is 1.29. The third-order valence-electron chi connectivity index (χ3n) is 2.09. The summed E-state index contributed by atoms with van der Waals surface area (Å²) < 4.78 is 5.12. The molecule has 0 bridgehead atoms. The van der Waals surface area contributed by atoms with E-state index in [2.05, 4.69) is 22.2 Å². The molecular formula is C10H18N4O. The molecule has 0 saturated heterocycles. The van der Waals surface area contributed by atoms with Gasteiger partial charge in [0.15, 0.2) is 5.82 Å². The molecule has 3 N–H and O–H groups in total. The van der Waals surface area contributed by atoms with E-state index in [0.29, 0.717) is 18.1 Å². The van der Waals surface area contributed by atoms with Gasteiger partial charge in [0, 0.05) is 7.11 Å². The summed E-state index contributed by atoms with van der Waals surface area (Å²) in [5, 5.41) is 3.25. The number of rotatable bonds is 6. The number of hydrogen-bond donors (Lipinski definition) is 2. The highest BCUT2D eigenvalue weighted by atomic mass is 16.5. The van der Waals surface area contributed by atoms with Crippen LogP contribution in [0.5, 0.6) is 0 Å². The van der Waals surface area contributed by atoms with Crippen molar-refractivity contribution in [3.8, 4) is 0 Å². The number of methoxy groups -OCH3 is 1. The fraction of sp³-hybridized carbons (Fsp3) is 0.600. The zero-order valence-corrected chi connectivity index (χ0v) is 9.23. The van der Waals surface area contributed by atoms with Gasteiger partial charge in [0.05, 0.1) is 24.5 Å². The van der Waals surface area contributed by atoms with Crippen LogP contribution in [0.2, 0.25) is 0 Å². The lowest BCUT2D eigenvalue weighted by molar-refractivity contribution is 0.182. The lowest BCUT2D eigenvalue weighted by Gasteiger charge is -2.18. The van der Waals surface area contributed by atoms with Crippen molar-refractivity contribution in [2.75, 3.05) is 24.8 Å².